The lowest BCUT2D eigenvalue weighted by Crippen LogP contribution is -2.61. The van der Waals surface area contributed by atoms with Gasteiger partial charge < -0.3 is 24.1 Å². The van der Waals surface area contributed by atoms with E-state index in [9.17, 15) is 18.7 Å². The van der Waals surface area contributed by atoms with Crippen LogP contribution in [0.2, 0.25) is 5.02 Å². The highest BCUT2D eigenvalue weighted by Crippen LogP contribution is 2.39. The van der Waals surface area contributed by atoms with E-state index in [4.69, 9.17) is 30.5 Å². The molecular formula is C23H20ClF2N3O6. The molecule has 0 bridgehead atoms. The maximum Gasteiger partial charge on any atom is 0.337 e. The molecule has 9 nitrogen and oxygen atoms in total. The van der Waals surface area contributed by atoms with Crippen LogP contribution in [0, 0.1) is 11.6 Å². The molecule has 2 aromatic carbocycles. The fourth-order valence-electron chi connectivity index (χ4n) is 4.27. The third-order valence-electron chi connectivity index (χ3n) is 5.98. The molecule has 2 aliphatic rings. The average molecular weight is 508 g/mol. The van der Waals surface area contributed by atoms with Crippen molar-refractivity contribution < 1.29 is 37.6 Å². The van der Waals surface area contributed by atoms with Crippen molar-refractivity contribution in [3.63, 3.8) is 0 Å². The molecule has 0 spiro atoms. The Morgan fingerprint density at radius 3 is 2.60 bits per heavy atom. The summed E-state index contributed by atoms with van der Waals surface area (Å²) in [5.74, 6) is -2.69. The number of nitrogens with zero attached hydrogens (tertiary/aromatic N) is 3. The van der Waals surface area contributed by atoms with Gasteiger partial charge in [-0.05, 0) is 12.1 Å². The minimum absolute atomic E-state index is 0.0656. The third kappa shape index (κ3) is 4.41. The van der Waals surface area contributed by atoms with Gasteiger partial charge >= 0.3 is 5.97 Å². The molecule has 6 atom stereocenters. The van der Waals surface area contributed by atoms with Gasteiger partial charge in [0.05, 0.1) is 19.9 Å². The number of hydrogen-bond donors (Lipinski definition) is 1. The number of carbonyl (C=O) groups excluding carboxylic acids is 1. The van der Waals surface area contributed by atoms with Crippen molar-refractivity contribution in [1.82, 2.24) is 15.0 Å². The van der Waals surface area contributed by atoms with Crippen molar-refractivity contribution in [2.45, 2.75) is 36.7 Å². The molecule has 0 amide bonds. The number of aliphatic hydroxyl groups is 1. The van der Waals surface area contributed by atoms with Crippen LogP contribution in [-0.2, 0) is 23.7 Å². The van der Waals surface area contributed by atoms with Crippen molar-refractivity contribution >= 4 is 17.6 Å². The minimum Gasteiger partial charge on any atom is -0.467 e. The maximum atomic E-state index is 14.0. The van der Waals surface area contributed by atoms with Crippen LogP contribution in [0.1, 0.15) is 17.9 Å². The van der Waals surface area contributed by atoms with E-state index in [2.05, 4.69) is 10.3 Å². The van der Waals surface area contributed by atoms with Crippen molar-refractivity contribution in [2.75, 3.05) is 13.7 Å². The van der Waals surface area contributed by atoms with Gasteiger partial charge in [0.1, 0.15) is 46.7 Å². The predicted molar refractivity (Wildman–Crippen MR) is 116 cm³/mol. The number of ether oxygens (including phenoxy) is 4. The Balaban J connectivity index is 1.50. The first-order valence-corrected chi connectivity index (χ1v) is 11.0. The fourth-order valence-corrected chi connectivity index (χ4v) is 4.38. The fraction of sp³-hybridized carbons (Fsp3) is 0.348. The van der Waals surface area contributed by atoms with E-state index >= 15 is 0 Å². The first kappa shape index (κ1) is 23.8. The van der Waals surface area contributed by atoms with Crippen LogP contribution in [0.15, 0.2) is 48.7 Å². The van der Waals surface area contributed by atoms with Crippen LogP contribution in [0.25, 0.3) is 11.3 Å². The molecule has 2 saturated heterocycles. The molecule has 1 aromatic heterocycles. The Bertz CT molecular complexity index is 1210. The first-order chi connectivity index (χ1) is 16.9. The Hall–Kier alpha value is -2.96. The zero-order valence-electron chi connectivity index (χ0n) is 18.3. The summed E-state index contributed by atoms with van der Waals surface area (Å²) in [6.07, 6.45) is -3.70. The molecular weight excluding hydrogens is 488 g/mol. The van der Waals surface area contributed by atoms with Crippen molar-refractivity contribution in [3.05, 3.63) is 70.9 Å². The number of aliphatic hydroxyl groups excluding tert-OH is 1. The summed E-state index contributed by atoms with van der Waals surface area (Å²) in [4.78, 5) is 12.3. The molecule has 5 rings (SSSR count). The second-order valence-corrected chi connectivity index (χ2v) is 8.49. The molecule has 2 aliphatic heterocycles. The van der Waals surface area contributed by atoms with E-state index in [1.165, 1.54) is 18.0 Å². The lowest BCUT2D eigenvalue weighted by molar-refractivity contribution is -0.314. The smallest absolute Gasteiger partial charge is 0.337 e. The molecule has 184 valence electrons. The van der Waals surface area contributed by atoms with Gasteiger partial charge in [0.2, 0.25) is 0 Å². The van der Waals surface area contributed by atoms with Crippen LogP contribution in [0.3, 0.4) is 0 Å². The minimum atomic E-state index is -1.44. The summed E-state index contributed by atoms with van der Waals surface area (Å²) in [5, 5.41) is 18.5. The van der Waals surface area contributed by atoms with E-state index in [-0.39, 0.29) is 17.9 Å². The van der Waals surface area contributed by atoms with Gasteiger partial charge in [-0.3, -0.25) is 0 Å². The lowest BCUT2D eigenvalue weighted by Gasteiger charge is -2.47. The summed E-state index contributed by atoms with van der Waals surface area (Å²) >= 11 is 5.57. The topological polar surface area (TPSA) is 105 Å². The highest BCUT2D eigenvalue weighted by molar-refractivity contribution is 6.31. The molecule has 0 aliphatic carbocycles. The van der Waals surface area contributed by atoms with Crippen molar-refractivity contribution in [2.24, 2.45) is 0 Å². The Labute approximate surface area is 203 Å². The molecule has 1 N–H and O–H groups in total. The van der Waals surface area contributed by atoms with Gasteiger partial charge in [0.15, 0.2) is 12.4 Å². The summed E-state index contributed by atoms with van der Waals surface area (Å²) in [5.41, 5.74) is 0.963. The summed E-state index contributed by atoms with van der Waals surface area (Å²) in [7, 11) is 1.18. The van der Waals surface area contributed by atoms with Gasteiger partial charge in [0.25, 0.3) is 0 Å². The molecule has 1 unspecified atom stereocenters. The van der Waals surface area contributed by atoms with Crippen LogP contribution >= 0.6 is 11.6 Å². The Morgan fingerprint density at radius 2 is 1.91 bits per heavy atom. The molecule has 3 aromatic rings. The van der Waals surface area contributed by atoms with Gasteiger partial charge in [-0.25, -0.2) is 18.3 Å². The van der Waals surface area contributed by atoms with E-state index in [0.717, 1.165) is 17.7 Å². The maximum absolute atomic E-state index is 14.0. The van der Waals surface area contributed by atoms with Gasteiger partial charge in [-0.1, -0.05) is 47.1 Å². The largest absolute Gasteiger partial charge is 0.467 e. The van der Waals surface area contributed by atoms with Gasteiger partial charge in [-0.15, -0.1) is 5.10 Å². The number of esters is 1. The van der Waals surface area contributed by atoms with E-state index < -0.39 is 59.4 Å². The molecule has 2 fully saturated rings. The van der Waals surface area contributed by atoms with Crippen LogP contribution < -0.4 is 0 Å². The van der Waals surface area contributed by atoms with Crippen LogP contribution in [-0.4, -0.2) is 64.2 Å². The van der Waals surface area contributed by atoms with E-state index in [0.29, 0.717) is 0 Å². The number of halogens is 3. The second-order valence-electron chi connectivity index (χ2n) is 8.11. The molecule has 0 radical (unpaired) electrons. The molecule has 3 heterocycles. The summed E-state index contributed by atoms with van der Waals surface area (Å²) in [6, 6.07) is 10.3. The lowest BCUT2D eigenvalue weighted by atomic mass is 9.91. The van der Waals surface area contributed by atoms with E-state index in [1.807, 2.05) is 30.3 Å². The molecule has 35 heavy (non-hydrogen) atoms. The number of aromatic nitrogens is 3. The average Bonchev–Trinajstić information content (AvgIpc) is 3.36. The predicted octanol–water partition coefficient (Wildman–Crippen LogP) is 2.83. The number of hydrogen-bond acceptors (Lipinski definition) is 8. The number of methoxy groups -OCH3 is 1. The van der Waals surface area contributed by atoms with Crippen molar-refractivity contribution in [1.29, 1.82) is 0 Å². The van der Waals surface area contributed by atoms with Gasteiger partial charge in [-0.2, -0.15) is 0 Å². The zero-order valence-corrected chi connectivity index (χ0v) is 19.0. The number of carbonyl (C=O) groups is 1. The van der Waals surface area contributed by atoms with Crippen LogP contribution in [0.4, 0.5) is 8.78 Å². The normalized spacial score (nSPS) is 28.4. The SMILES string of the molecule is COC(=O)[C@@H]1OC2CO[C@H](c3ccccc3)O[C@@H]2[C@H](n2cc(-c3cc(F)c(Cl)c(F)c3)nn2)[C@H]1O. The number of fused-ring (bicyclic) bond motifs is 1. The zero-order chi connectivity index (χ0) is 24.7. The number of benzene rings is 2. The monoisotopic (exact) mass is 507 g/mol. The Kier molecular flexibility index (Phi) is 6.51. The quantitative estimate of drug-likeness (QED) is 0.424. The standard InChI is InChI=1S/C23H20ClF2N3O6/c1-32-22(31)21-19(30)18(20-16(34-21)10-33-23(35-20)11-5-3-2-4-6-11)29-9-15(27-28-29)12-7-13(25)17(24)14(26)8-12/h2-9,16,18-21,23,30H,10H2,1H3/t16?,18-,19-,20+,21-,23+/m1/s1. The summed E-state index contributed by atoms with van der Waals surface area (Å²) in [6.45, 7) is 0.0656. The number of rotatable bonds is 4. The second kappa shape index (κ2) is 9.59. The summed E-state index contributed by atoms with van der Waals surface area (Å²) < 4.78 is 51.8. The highest BCUT2D eigenvalue weighted by Gasteiger charge is 2.53. The third-order valence-corrected chi connectivity index (χ3v) is 6.34. The Morgan fingerprint density at radius 1 is 1.20 bits per heavy atom. The highest BCUT2D eigenvalue weighted by atomic mass is 35.5. The van der Waals surface area contributed by atoms with E-state index in [1.54, 1.807) is 0 Å². The molecule has 12 heteroatoms. The van der Waals surface area contributed by atoms with Gasteiger partial charge in [0, 0.05) is 11.1 Å². The molecule has 0 saturated carbocycles. The first-order valence-electron chi connectivity index (χ1n) is 10.7. The van der Waals surface area contributed by atoms with Crippen molar-refractivity contribution in [3.8, 4) is 11.3 Å². The van der Waals surface area contributed by atoms with Crippen LogP contribution in [0.5, 0.6) is 0 Å².